The lowest BCUT2D eigenvalue weighted by Crippen LogP contribution is -2.53. The van der Waals surface area contributed by atoms with E-state index in [0.29, 0.717) is 19.3 Å². The van der Waals surface area contributed by atoms with Crippen LogP contribution in [-0.4, -0.2) is 57.3 Å². The number of hydrogen-bond donors (Lipinski definition) is 5. The molecule has 0 bridgehead atoms. The van der Waals surface area contributed by atoms with E-state index < -0.39 is 36.9 Å². The number of aliphatic hydroxyl groups excluding tert-OH is 4. The fourth-order valence-electron chi connectivity index (χ4n) is 6.04. The molecule has 282 valence electrons. The molecule has 4 atom stereocenters. The minimum Gasteiger partial charge on any atom is -0.394 e. The monoisotopic (exact) mass is 678 g/mol. The number of carbonyl (C=O) groups is 1. The van der Waals surface area contributed by atoms with Crippen LogP contribution in [0.2, 0.25) is 0 Å². The molecule has 6 nitrogen and oxygen atoms in total. The van der Waals surface area contributed by atoms with Gasteiger partial charge in [0.05, 0.1) is 18.8 Å². The van der Waals surface area contributed by atoms with Crippen LogP contribution < -0.4 is 5.32 Å². The van der Waals surface area contributed by atoms with Gasteiger partial charge in [0.25, 0.3) is 0 Å². The second-order valence-electron chi connectivity index (χ2n) is 14.0. The molecule has 6 heteroatoms. The van der Waals surface area contributed by atoms with Crippen molar-refractivity contribution in [2.45, 2.75) is 218 Å². The lowest BCUT2D eigenvalue weighted by atomic mass is 10.00. The number of nitrogens with one attached hydrogen (secondary N) is 1. The molecule has 0 saturated heterocycles. The zero-order valence-electron chi connectivity index (χ0n) is 31.5. The van der Waals surface area contributed by atoms with Gasteiger partial charge in [-0.05, 0) is 64.2 Å². The third-order valence-corrected chi connectivity index (χ3v) is 9.35. The quantitative estimate of drug-likeness (QED) is 0.0258. The predicted octanol–water partition coefficient (Wildman–Crippen LogP) is 10.2. The molecule has 0 aromatic rings. The van der Waals surface area contributed by atoms with Gasteiger partial charge in [-0.3, -0.25) is 4.79 Å². The van der Waals surface area contributed by atoms with E-state index in [-0.39, 0.29) is 0 Å². The summed E-state index contributed by atoms with van der Waals surface area (Å²) in [5.74, 6) is -0.607. The third-order valence-electron chi connectivity index (χ3n) is 9.35. The van der Waals surface area contributed by atoms with Crippen LogP contribution >= 0.6 is 0 Å². The molecule has 1 amide bonds. The van der Waals surface area contributed by atoms with Crippen LogP contribution in [0.5, 0.6) is 0 Å². The molecule has 0 saturated carbocycles. The highest BCUT2D eigenvalue weighted by Gasteiger charge is 2.28. The van der Waals surface area contributed by atoms with E-state index in [1.807, 2.05) is 0 Å². The molecule has 0 aliphatic carbocycles. The summed E-state index contributed by atoms with van der Waals surface area (Å²) in [4.78, 5) is 12.5. The maximum atomic E-state index is 12.5. The second-order valence-corrected chi connectivity index (χ2v) is 14.0. The van der Waals surface area contributed by atoms with Gasteiger partial charge in [0.1, 0.15) is 12.2 Å². The van der Waals surface area contributed by atoms with Crippen LogP contribution in [0, 0.1) is 0 Å². The van der Waals surface area contributed by atoms with E-state index >= 15 is 0 Å². The van der Waals surface area contributed by atoms with Gasteiger partial charge in [0, 0.05) is 0 Å². The molecular weight excluding hydrogens is 598 g/mol. The van der Waals surface area contributed by atoms with Crippen molar-refractivity contribution in [3.8, 4) is 0 Å². The standard InChI is InChI=1S/C42H79NO5/c1-3-5-7-9-11-13-15-17-19-20-21-22-24-25-27-29-31-33-35-39(45)41(47)38(37-44)43-42(48)40(46)36-34-32-30-28-26-23-18-16-14-12-10-8-6-4-2/h12,14,16,18,27,29,38-41,44-47H,3-11,13,15,17,19-26,28,30-37H2,1-2H3,(H,43,48)/b14-12-,18-16-,29-27+. The Labute approximate surface area is 297 Å². The molecule has 48 heavy (non-hydrogen) atoms. The molecular formula is C42H79NO5. The molecule has 0 aliphatic heterocycles. The number of amides is 1. The minimum atomic E-state index is -1.29. The Morgan fingerprint density at radius 2 is 0.917 bits per heavy atom. The molecule has 0 fully saturated rings. The van der Waals surface area contributed by atoms with Crippen molar-refractivity contribution in [1.82, 2.24) is 5.32 Å². The van der Waals surface area contributed by atoms with Crippen molar-refractivity contribution in [2.24, 2.45) is 0 Å². The van der Waals surface area contributed by atoms with Crippen LogP contribution in [-0.2, 0) is 4.79 Å². The van der Waals surface area contributed by atoms with Crippen LogP contribution in [0.15, 0.2) is 36.5 Å². The van der Waals surface area contributed by atoms with Gasteiger partial charge in [-0.25, -0.2) is 0 Å². The van der Waals surface area contributed by atoms with Crippen LogP contribution in [0.1, 0.15) is 194 Å². The molecule has 0 radical (unpaired) electrons. The highest BCUT2D eigenvalue weighted by atomic mass is 16.3. The van der Waals surface area contributed by atoms with E-state index in [1.165, 1.54) is 103 Å². The predicted molar refractivity (Wildman–Crippen MR) is 205 cm³/mol. The normalized spacial score (nSPS) is 14.7. The van der Waals surface area contributed by atoms with Gasteiger partial charge in [0.15, 0.2) is 0 Å². The largest absolute Gasteiger partial charge is 0.394 e. The maximum Gasteiger partial charge on any atom is 0.249 e. The highest BCUT2D eigenvalue weighted by Crippen LogP contribution is 2.15. The molecule has 0 rings (SSSR count). The van der Waals surface area contributed by atoms with Crippen molar-refractivity contribution >= 4 is 5.91 Å². The molecule has 0 aromatic carbocycles. The zero-order valence-corrected chi connectivity index (χ0v) is 31.5. The smallest absolute Gasteiger partial charge is 0.249 e. The average molecular weight is 678 g/mol. The number of hydrogen-bond acceptors (Lipinski definition) is 5. The first kappa shape index (κ1) is 46.5. The molecule has 0 heterocycles. The van der Waals surface area contributed by atoms with Gasteiger partial charge in [-0.15, -0.1) is 0 Å². The lowest BCUT2D eigenvalue weighted by Gasteiger charge is -2.27. The molecule has 0 aromatic heterocycles. The molecule has 5 N–H and O–H groups in total. The molecule has 0 aliphatic rings. The number of allylic oxidation sites excluding steroid dienone is 6. The number of unbranched alkanes of at least 4 members (excludes halogenated alkanes) is 22. The van der Waals surface area contributed by atoms with Crippen LogP contribution in [0.25, 0.3) is 0 Å². The van der Waals surface area contributed by atoms with Gasteiger partial charge < -0.3 is 25.7 Å². The maximum absolute atomic E-state index is 12.5. The van der Waals surface area contributed by atoms with Gasteiger partial charge in [-0.2, -0.15) is 0 Å². The van der Waals surface area contributed by atoms with E-state index in [2.05, 4.69) is 55.6 Å². The van der Waals surface area contributed by atoms with Crippen molar-refractivity contribution in [3.05, 3.63) is 36.5 Å². The van der Waals surface area contributed by atoms with Crippen LogP contribution in [0.3, 0.4) is 0 Å². The second kappa shape index (κ2) is 36.8. The summed E-state index contributed by atoms with van der Waals surface area (Å²) in [7, 11) is 0. The van der Waals surface area contributed by atoms with Gasteiger partial charge in [-0.1, -0.05) is 166 Å². The van der Waals surface area contributed by atoms with E-state index in [0.717, 1.165) is 57.8 Å². The highest BCUT2D eigenvalue weighted by molar-refractivity contribution is 5.80. The SMILES string of the molecule is CCCCC/C=C\C=C/CCCCCCCC(O)C(=O)NC(CO)C(O)C(O)CCC/C=C/CCCCCCCCCCCCCCC. The Morgan fingerprint density at radius 3 is 1.42 bits per heavy atom. The molecule has 0 spiro atoms. The Balaban J connectivity index is 3.84. The summed E-state index contributed by atoms with van der Waals surface area (Å²) in [5, 5.41) is 43.5. The van der Waals surface area contributed by atoms with Crippen molar-refractivity contribution < 1.29 is 25.2 Å². The summed E-state index contributed by atoms with van der Waals surface area (Å²) in [6.45, 7) is 3.99. The number of aliphatic hydroxyl groups is 4. The molecule has 4 unspecified atom stereocenters. The lowest BCUT2D eigenvalue weighted by molar-refractivity contribution is -0.132. The summed E-state index contributed by atoms with van der Waals surface area (Å²) in [6, 6.07) is -1.01. The average Bonchev–Trinajstić information content (AvgIpc) is 3.09. The summed E-state index contributed by atoms with van der Waals surface area (Å²) in [5.41, 5.74) is 0. The van der Waals surface area contributed by atoms with Crippen molar-refractivity contribution in [3.63, 3.8) is 0 Å². The minimum absolute atomic E-state index is 0.344. The first-order valence-electron chi connectivity index (χ1n) is 20.4. The Bertz CT molecular complexity index is 767. The first-order valence-corrected chi connectivity index (χ1v) is 20.4. The summed E-state index contributed by atoms with van der Waals surface area (Å²) in [6.07, 6.45) is 41.7. The topological polar surface area (TPSA) is 110 Å². The number of rotatable bonds is 36. The number of carbonyl (C=O) groups excluding carboxylic acids is 1. The Morgan fingerprint density at radius 1 is 0.521 bits per heavy atom. The fourth-order valence-corrected chi connectivity index (χ4v) is 6.04. The van der Waals surface area contributed by atoms with Gasteiger partial charge >= 0.3 is 0 Å². The van der Waals surface area contributed by atoms with Crippen LogP contribution in [0.4, 0.5) is 0 Å². The van der Waals surface area contributed by atoms with E-state index in [1.54, 1.807) is 0 Å². The zero-order chi connectivity index (χ0) is 35.3. The first-order chi connectivity index (χ1) is 23.5. The fraction of sp³-hybridized carbons (Fsp3) is 0.833. The van der Waals surface area contributed by atoms with E-state index in [9.17, 15) is 25.2 Å². The Kier molecular flexibility index (Phi) is 35.7. The van der Waals surface area contributed by atoms with E-state index in [4.69, 9.17) is 0 Å². The van der Waals surface area contributed by atoms with Gasteiger partial charge in [0.2, 0.25) is 5.91 Å². The Hall–Kier alpha value is -1.47. The van der Waals surface area contributed by atoms with Crippen molar-refractivity contribution in [2.75, 3.05) is 6.61 Å². The summed E-state index contributed by atoms with van der Waals surface area (Å²) < 4.78 is 0. The third kappa shape index (κ3) is 30.6. The van der Waals surface area contributed by atoms with Crippen molar-refractivity contribution in [1.29, 1.82) is 0 Å². The summed E-state index contributed by atoms with van der Waals surface area (Å²) >= 11 is 0.